The number of rotatable bonds is 4. The third-order valence-corrected chi connectivity index (χ3v) is 4.70. The van der Waals surface area contributed by atoms with Gasteiger partial charge in [0.25, 0.3) is 5.91 Å². The van der Waals surface area contributed by atoms with E-state index in [0.717, 1.165) is 24.1 Å². The van der Waals surface area contributed by atoms with Gasteiger partial charge in [0.1, 0.15) is 0 Å². The number of anilines is 1. The molecule has 1 aromatic rings. The number of carbonyl (C=O) groups excluding carboxylic acids is 1. The fourth-order valence-electron chi connectivity index (χ4n) is 2.29. The van der Waals surface area contributed by atoms with Crippen LogP contribution in [0.3, 0.4) is 0 Å². The number of benzene rings is 1. The van der Waals surface area contributed by atoms with Crippen LogP contribution in [0.25, 0.3) is 0 Å². The number of nitrogens with one attached hydrogen (secondary N) is 2. The second-order valence-corrected chi connectivity index (χ2v) is 6.58. The normalized spacial score (nSPS) is 20.0. The Kier molecular flexibility index (Phi) is 3.97. The molecule has 1 heterocycles. The maximum absolute atomic E-state index is 11.9. The summed E-state index contributed by atoms with van der Waals surface area (Å²) in [5.41, 5.74) is 1.89. The largest absolute Gasteiger partial charge is 0.382 e. The van der Waals surface area contributed by atoms with Gasteiger partial charge < -0.3 is 10.6 Å². The molecule has 0 aromatic heterocycles. The Balaban J connectivity index is 1.56. The predicted molar refractivity (Wildman–Crippen MR) is 80.9 cm³/mol. The summed E-state index contributed by atoms with van der Waals surface area (Å²) in [6.07, 6.45) is 4.72. The van der Waals surface area contributed by atoms with Crippen molar-refractivity contribution in [2.24, 2.45) is 0 Å². The Hall–Kier alpha value is -1.16. The first-order valence-electron chi connectivity index (χ1n) is 7.06. The Morgan fingerprint density at radius 2 is 1.68 bits per heavy atom. The van der Waals surface area contributed by atoms with E-state index in [9.17, 15) is 4.79 Å². The molecule has 1 aliphatic heterocycles. The van der Waals surface area contributed by atoms with E-state index in [1.54, 1.807) is 0 Å². The molecule has 0 atom stereocenters. The topological polar surface area (TPSA) is 41.1 Å². The Morgan fingerprint density at radius 1 is 1.00 bits per heavy atom. The van der Waals surface area contributed by atoms with Crippen LogP contribution in [-0.2, 0) is 0 Å². The molecule has 2 fully saturated rings. The zero-order valence-electron chi connectivity index (χ0n) is 11.0. The highest BCUT2D eigenvalue weighted by atomic mass is 32.2. The summed E-state index contributed by atoms with van der Waals surface area (Å²) in [5.74, 6) is 2.56. The second kappa shape index (κ2) is 5.87. The van der Waals surface area contributed by atoms with Crippen LogP contribution in [-0.4, -0.2) is 29.5 Å². The summed E-state index contributed by atoms with van der Waals surface area (Å²) in [6, 6.07) is 8.87. The van der Waals surface area contributed by atoms with Crippen molar-refractivity contribution in [3.8, 4) is 0 Å². The second-order valence-electron chi connectivity index (χ2n) is 5.36. The lowest BCUT2D eigenvalue weighted by molar-refractivity contribution is 0.0951. The molecule has 1 amide bonds. The van der Waals surface area contributed by atoms with Crippen LogP contribution in [0.5, 0.6) is 0 Å². The molecule has 19 heavy (non-hydrogen) atoms. The maximum atomic E-state index is 11.9. The number of thioether (sulfide) groups is 1. The fraction of sp³-hybridized carbons (Fsp3) is 0.533. The molecule has 0 unspecified atom stereocenters. The smallest absolute Gasteiger partial charge is 0.251 e. The van der Waals surface area contributed by atoms with Gasteiger partial charge in [0.05, 0.1) is 0 Å². The van der Waals surface area contributed by atoms with Gasteiger partial charge in [-0.3, -0.25) is 4.79 Å². The molecule has 0 bridgehead atoms. The highest BCUT2D eigenvalue weighted by molar-refractivity contribution is 7.99. The summed E-state index contributed by atoms with van der Waals surface area (Å²) in [6.45, 7) is 0. The van der Waals surface area contributed by atoms with Gasteiger partial charge in [-0.1, -0.05) is 0 Å². The molecular formula is C15H20N2OS. The number of hydrogen-bond acceptors (Lipinski definition) is 3. The van der Waals surface area contributed by atoms with Crippen molar-refractivity contribution >= 4 is 23.4 Å². The lowest BCUT2D eigenvalue weighted by atomic mass is 10.1. The zero-order valence-corrected chi connectivity index (χ0v) is 11.8. The molecule has 0 spiro atoms. The summed E-state index contributed by atoms with van der Waals surface area (Å²) >= 11 is 2.03. The number of amides is 1. The Labute approximate surface area is 118 Å². The SMILES string of the molecule is O=C(NC1CC1)c1ccc(NC2CCSCC2)cc1. The lowest BCUT2D eigenvalue weighted by Gasteiger charge is -2.23. The highest BCUT2D eigenvalue weighted by Crippen LogP contribution is 2.22. The maximum Gasteiger partial charge on any atom is 0.251 e. The van der Waals surface area contributed by atoms with Gasteiger partial charge in [0, 0.05) is 23.3 Å². The third-order valence-electron chi connectivity index (χ3n) is 3.65. The molecule has 1 aliphatic carbocycles. The molecule has 1 saturated heterocycles. The van der Waals surface area contributed by atoms with E-state index in [0.29, 0.717) is 12.1 Å². The van der Waals surface area contributed by atoms with Crippen molar-refractivity contribution < 1.29 is 4.79 Å². The zero-order chi connectivity index (χ0) is 13.1. The quantitative estimate of drug-likeness (QED) is 0.888. The minimum absolute atomic E-state index is 0.0584. The van der Waals surface area contributed by atoms with E-state index < -0.39 is 0 Å². The van der Waals surface area contributed by atoms with Crippen molar-refractivity contribution in [2.75, 3.05) is 16.8 Å². The van der Waals surface area contributed by atoms with Crippen LogP contribution in [0.15, 0.2) is 24.3 Å². The van der Waals surface area contributed by atoms with Crippen molar-refractivity contribution in [1.82, 2.24) is 5.32 Å². The molecule has 2 N–H and O–H groups in total. The molecule has 1 saturated carbocycles. The van der Waals surface area contributed by atoms with Gasteiger partial charge in [-0.25, -0.2) is 0 Å². The third kappa shape index (κ3) is 3.66. The molecule has 3 nitrogen and oxygen atoms in total. The van der Waals surface area contributed by atoms with Crippen molar-refractivity contribution in [3.05, 3.63) is 29.8 Å². The van der Waals surface area contributed by atoms with Gasteiger partial charge in [0.15, 0.2) is 0 Å². The molecular weight excluding hydrogens is 256 g/mol. The van der Waals surface area contributed by atoms with Crippen molar-refractivity contribution in [1.29, 1.82) is 0 Å². The standard InChI is InChI=1S/C15H20N2OS/c18-15(17-13-5-6-13)11-1-3-12(4-2-11)16-14-7-9-19-10-8-14/h1-4,13-14,16H,5-10H2,(H,17,18). The van der Waals surface area contributed by atoms with E-state index in [-0.39, 0.29) is 5.91 Å². The van der Waals surface area contributed by atoms with E-state index >= 15 is 0 Å². The molecule has 3 rings (SSSR count). The van der Waals surface area contributed by atoms with Crippen LogP contribution in [0.2, 0.25) is 0 Å². The number of carbonyl (C=O) groups is 1. The summed E-state index contributed by atoms with van der Waals surface area (Å²) in [4.78, 5) is 11.9. The Bertz CT molecular complexity index is 436. The molecule has 0 radical (unpaired) electrons. The van der Waals surface area contributed by atoms with Crippen LogP contribution in [0.4, 0.5) is 5.69 Å². The Morgan fingerprint density at radius 3 is 2.32 bits per heavy atom. The summed E-state index contributed by atoms with van der Waals surface area (Å²) < 4.78 is 0. The fourth-order valence-corrected chi connectivity index (χ4v) is 3.40. The first-order chi connectivity index (χ1) is 9.31. The van der Waals surface area contributed by atoms with E-state index in [1.165, 1.54) is 24.3 Å². The highest BCUT2D eigenvalue weighted by Gasteiger charge is 2.23. The lowest BCUT2D eigenvalue weighted by Crippen LogP contribution is -2.26. The molecule has 1 aromatic carbocycles. The molecule has 102 valence electrons. The van der Waals surface area contributed by atoms with Gasteiger partial charge >= 0.3 is 0 Å². The first kappa shape index (κ1) is 12.9. The van der Waals surface area contributed by atoms with Crippen molar-refractivity contribution in [2.45, 2.75) is 37.8 Å². The van der Waals surface area contributed by atoms with Gasteiger partial charge in [0.2, 0.25) is 0 Å². The van der Waals surface area contributed by atoms with Crippen molar-refractivity contribution in [3.63, 3.8) is 0 Å². The van der Waals surface area contributed by atoms with E-state index in [2.05, 4.69) is 10.6 Å². The van der Waals surface area contributed by atoms with Crippen LogP contribution >= 0.6 is 11.8 Å². The summed E-state index contributed by atoms with van der Waals surface area (Å²) in [5, 5.41) is 6.56. The minimum Gasteiger partial charge on any atom is -0.382 e. The van der Waals surface area contributed by atoms with Gasteiger partial charge in [-0.2, -0.15) is 11.8 Å². The van der Waals surface area contributed by atoms with Crippen LogP contribution in [0, 0.1) is 0 Å². The average molecular weight is 276 g/mol. The number of hydrogen-bond donors (Lipinski definition) is 2. The molecule has 2 aliphatic rings. The summed E-state index contributed by atoms with van der Waals surface area (Å²) in [7, 11) is 0. The minimum atomic E-state index is 0.0584. The average Bonchev–Trinajstić information content (AvgIpc) is 3.25. The van der Waals surface area contributed by atoms with Crippen LogP contribution in [0.1, 0.15) is 36.0 Å². The van der Waals surface area contributed by atoms with E-state index in [4.69, 9.17) is 0 Å². The van der Waals surface area contributed by atoms with E-state index in [1.807, 2.05) is 36.0 Å². The molecule has 4 heteroatoms. The van der Waals surface area contributed by atoms with Crippen LogP contribution < -0.4 is 10.6 Å². The van der Waals surface area contributed by atoms with Gasteiger partial charge in [-0.05, 0) is 61.5 Å². The monoisotopic (exact) mass is 276 g/mol. The van der Waals surface area contributed by atoms with Gasteiger partial charge in [-0.15, -0.1) is 0 Å². The first-order valence-corrected chi connectivity index (χ1v) is 8.22. The predicted octanol–water partition coefficient (Wildman–Crippen LogP) is 2.89.